The number of piperidine rings is 2. The van der Waals surface area contributed by atoms with Crippen LogP contribution in [0.5, 0.6) is 0 Å². The molecule has 3 aliphatic rings. The number of likely N-dealkylation sites (tertiary alicyclic amines) is 2. The lowest BCUT2D eigenvalue weighted by Crippen LogP contribution is -2.49. The van der Waals surface area contributed by atoms with E-state index in [1.807, 2.05) is 9.80 Å². The van der Waals surface area contributed by atoms with Gasteiger partial charge in [-0.3, -0.25) is 9.59 Å². The van der Waals surface area contributed by atoms with Crippen molar-refractivity contribution in [2.45, 2.75) is 50.5 Å². The normalized spacial score (nSPS) is 21.6. The maximum absolute atomic E-state index is 12.7. The van der Waals surface area contributed by atoms with E-state index >= 15 is 0 Å². The van der Waals surface area contributed by atoms with Crippen LogP contribution in [-0.4, -0.2) is 59.4 Å². The van der Waals surface area contributed by atoms with E-state index in [9.17, 15) is 9.59 Å². The maximum Gasteiger partial charge on any atom is 0.224 e. The highest BCUT2D eigenvalue weighted by Crippen LogP contribution is 2.43. The van der Waals surface area contributed by atoms with Crippen LogP contribution in [-0.2, 0) is 26.3 Å². The summed E-state index contributed by atoms with van der Waals surface area (Å²) in [6, 6.07) is 8.46. The molecule has 6 heteroatoms. The summed E-state index contributed by atoms with van der Waals surface area (Å²) in [5, 5.41) is 1.30. The molecular formula is C23H29N3O3. The molecule has 2 amide bonds. The standard InChI is InChI=1S/C23H29N3O3/c27-20-7-3-4-12-25(20)13-8-21(28)26-14-10-23(11-15-26)22-18(9-16-29-23)17-5-1-2-6-19(17)24-22/h1-2,5-6,24H,3-4,7-16H2. The Bertz CT molecular complexity index is 927. The zero-order chi connectivity index (χ0) is 19.8. The van der Waals surface area contributed by atoms with Crippen molar-refractivity contribution in [2.75, 3.05) is 32.8 Å². The lowest BCUT2D eigenvalue weighted by molar-refractivity contribution is -0.142. The van der Waals surface area contributed by atoms with Gasteiger partial charge in [0, 0.05) is 49.9 Å². The van der Waals surface area contributed by atoms with Gasteiger partial charge in [0.25, 0.3) is 0 Å². The Balaban J connectivity index is 1.25. The molecule has 154 valence electrons. The first kappa shape index (κ1) is 18.7. The number of carbonyl (C=O) groups is 2. The summed E-state index contributed by atoms with van der Waals surface area (Å²) < 4.78 is 6.34. The zero-order valence-corrected chi connectivity index (χ0v) is 16.9. The Labute approximate surface area is 171 Å². The number of nitrogens with one attached hydrogen (secondary N) is 1. The summed E-state index contributed by atoms with van der Waals surface area (Å²) in [4.78, 5) is 32.1. The lowest BCUT2D eigenvalue weighted by Gasteiger charge is -2.44. The summed E-state index contributed by atoms with van der Waals surface area (Å²) in [5.41, 5.74) is 3.48. The fraction of sp³-hybridized carbons (Fsp3) is 0.565. The summed E-state index contributed by atoms with van der Waals surface area (Å²) in [7, 11) is 0. The Morgan fingerprint density at radius 3 is 2.76 bits per heavy atom. The lowest BCUT2D eigenvalue weighted by atomic mass is 9.83. The van der Waals surface area contributed by atoms with Crippen molar-refractivity contribution in [2.24, 2.45) is 0 Å². The zero-order valence-electron chi connectivity index (χ0n) is 16.9. The molecular weight excluding hydrogens is 366 g/mol. The minimum atomic E-state index is -0.299. The van der Waals surface area contributed by atoms with Crippen LogP contribution in [0.15, 0.2) is 24.3 Å². The first-order chi connectivity index (χ1) is 14.2. The van der Waals surface area contributed by atoms with Crippen LogP contribution in [0.1, 0.15) is 49.8 Å². The molecule has 4 heterocycles. The largest absolute Gasteiger partial charge is 0.368 e. The van der Waals surface area contributed by atoms with Gasteiger partial charge in [-0.15, -0.1) is 0 Å². The fourth-order valence-corrected chi connectivity index (χ4v) is 5.27. The minimum Gasteiger partial charge on any atom is -0.368 e. The van der Waals surface area contributed by atoms with Gasteiger partial charge in [-0.25, -0.2) is 0 Å². The Morgan fingerprint density at radius 1 is 1.10 bits per heavy atom. The van der Waals surface area contributed by atoms with Gasteiger partial charge in [-0.1, -0.05) is 18.2 Å². The number of hydrogen-bond donors (Lipinski definition) is 1. The number of rotatable bonds is 3. The predicted molar refractivity (Wildman–Crippen MR) is 110 cm³/mol. The quantitative estimate of drug-likeness (QED) is 0.869. The third-order valence-corrected chi connectivity index (χ3v) is 6.94. The first-order valence-electron chi connectivity index (χ1n) is 11.0. The highest BCUT2D eigenvalue weighted by atomic mass is 16.5. The molecule has 29 heavy (non-hydrogen) atoms. The smallest absolute Gasteiger partial charge is 0.224 e. The summed E-state index contributed by atoms with van der Waals surface area (Å²) in [5.74, 6) is 0.356. The number of nitrogens with zero attached hydrogens (tertiary/aromatic N) is 2. The summed E-state index contributed by atoms with van der Waals surface area (Å²) in [6.07, 6.45) is 5.67. The van der Waals surface area contributed by atoms with Crippen LogP contribution in [0.25, 0.3) is 10.9 Å². The molecule has 1 N–H and O–H groups in total. The first-order valence-corrected chi connectivity index (χ1v) is 11.0. The predicted octanol–water partition coefficient (Wildman–Crippen LogP) is 2.96. The van der Waals surface area contributed by atoms with Crippen molar-refractivity contribution < 1.29 is 14.3 Å². The van der Waals surface area contributed by atoms with Gasteiger partial charge in [0.1, 0.15) is 5.60 Å². The molecule has 3 aliphatic heterocycles. The second-order valence-electron chi connectivity index (χ2n) is 8.59. The van der Waals surface area contributed by atoms with Crippen LogP contribution in [0, 0.1) is 0 Å². The van der Waals surface area contributed by atoms with Crippen molar-refractivity contribution in [3.63, 3.8) is 0 Å². The number of aromatic nitrogens is 1. The van der Waals surface area contributed by atoms with E-state index < -0.39 is 0 Å². The van der Waals surface area contributed by atoms with E-state index in [4.69, 9.17) is 4.74 Å². The molecule has 5 rings (SSSR count). The fourth-order valence-electron chi connectivity index (χ4n) is 5.27. The number of amides is 2. The van der Waals surface area contributed by atoms with Gasteiger partial charge in [0.15, 0.2) is 0 Å². The number of H-pyrrole nitrogens is 1. The Kier molecular flexibility index (Phi) is 4.82. The molecule has 1 aromatic heterocycles. The molecule has 0 bridgehead atoms. The second kappa shape index (κ2) is 7.48. The SMILES string of the molecule is O=C1CCCCN1CCC(=O)N1CCC2(CC1)OCCc1c2[nH]c2ccccc12. The topological polar surface area (TPSA) is 65.6 Å². The van der Waals surface area contributed by atoms with E-state index in [2.05, 4.69) is 29.2 Å². The van der Waals surface area contributed by atoms with Gasteiger partial charge < -0.3 is 19.5 Å². The molecule has 1 spiro atoms. The van der Waals surface area contributed by atoms with Gasteiger partial charge >= 0.3 is 0 Å². The number of para-hydroxylation sites is 1. The van der Waals surface area contributed by atoms with Crippen molar-refractivity contribution in [3.05, 3.63) is 35.5 Å². The van der Waals surface area contributed by atoms with Gasteiger partial charge in [0.05, 0.1) is 12.3 Å². The van der Waals surface area contributed by atoms with E-state index in [1.54, 1.807) is 0 Å². The van der Waals surface area contributed by atoms with Crippen molar-refractivity contribution in [3.8, 4) is 0 Å². The average Bonchev–Trinajstić information content (AvgIpc) is 3.14. The monoisotopic (exact) mass is 395 g/mol. The molecule has 2 aromatic rings. The molecule has 0 unspecified atom stereocenters. The molecule has 0 saturated carbocycles. The number of carbonyl (C=O) groups excluding carboxylic acids is 2. The number of fused-ring (bicyclic) bond motifs is 4. The number of hydrogen-bond acceptors (Lipinski definition) is 3. The Morgan fingerprint density at radius 2 is 1.93 bits per heavy atom. The van der Waals surface area contributed by atoms with E-state index in [-0.39, 0.29) is 17.4 Å². The molecule has 2 saturated heterocycles. The molecule has 0 aliphatic carbocycles. The van der Waals surface area contributed by atoms with Crippen molar-refractivity contribution in [1.82, 2.24) is 14.8 Å². The summed E-state index contributed by atoms with van der Waals surface area (Å²) >= 11 is 0. The van der Waals surface area contributed by atoms with Crippen LogP contribution < -0.4 is 0 Å². The molecule has 6 nitrogen and oxygen atoms in total. The molecule has 0 atom stereocenters. The van der Waals surface area contributed by atoms with E-state index in [0.29, 0.717) is 32.5 Å². The molecule has 1 aromatic carbocycles. The number of benzene rings is 1. The highest BCUT2D eigenvalue weighted by molar-refractivity contribution is 5.85. The van der Waals surface area contributed by atoms with E-state index in [1.165, 1.54) is 22.2 Å². The van der Waals surface area contributed by atoms with Gasteiger partial charge in [-0.05, 0) is 43.7 Å². The maximum atomic E-state index is 12.7. The summed E-state index contributed by atoms with van der Waals surface area (Å²) in [6.45, 7) is 3.51. The third kappa shape index (κ3) is 3.33. The Hall–Kier alpha value is -2.34. The molecule has 0 radical (unpaired) electrons. The average molecular weight is 396 g/mol. The van der Waals surface area contributed by atoms with Crippen LogP contribution in [0.2, 0.25) is 0 Å². The third-order valence-electron chi connectivity index (χ3n) is 6.94. The van der Waals surface area contributed by atoms with Crippen LogP contribution in [0.3, 0.4) is 0 Å². The van der Waals surface area contributed by atoms with E-state index in [0.717, 1.165) is 45.3 Å². The second-order valence-corrected chi connectivity index (χ2v) is 8.59. The van der Waals surface area contributed by atoms with Gasteiger partial charge in [0.2, 0.25) is 11.8 Å². The van der Waals surface area contributed by atoms with Crippen LogP contribution >= 0.6 is 0 Å². The van der Waals surface area contributed by atoms with Crippen LogP contribution in [0.4, 0.5) is 0 Å². The van der Waals surface area contributed by atoms with Crippen molar-refractivity contribution in [1.29, 1.82) is 0 Å². The highest BCUT2D eigenvalue weighted by Gasteiger charge is 2.43. The number of aromatic amines is 1. The number of ether oxygens (including phenoxy) is 1. The molecule has 2 fully saturated rings. The van der Waals surface area contributed by atoms with Crippen molar-refractivity contribution >= 4 is 22.7 Å². The van der Waals surface area contributed by atoms with Gasteiger partial charge in [-0.2, -0.15) is 0 Å². The minimum absolute atomic E-state index is 0.158.